The Morgan fingerprint density at radius 1 is 1.25 bits per heavy atom. The summed E-state index contributed by atoms with van der Waals surface area (Å²) in [5.74, 6) is -0.280. The molecule has 0 atom stereocenters. The number of aromatic amines is 1. The minimum Gasteiger partial charge on any atom is -0.456 e. The van der Waals surface area contributed by atoms with Gasteiger partial charge < -0.3 is 9.72 Å². The molecular formula is C13H15NO2. The van der Waals surface area contributed by atoms with Gasteiger partial charge in [-0.25, -0.2) is 4.79 Å². The molecule has 84 valence electrons. The van der Waals surface area contributed by atoms with Crippen LogP contribution in [0.3, 0.4) is 0 Å². The van der Waals surface area contributed by atoms with Crippen LogP contribution in [0.25, 0.3) is 10.9 Å². The van der Waals surface area contributed by atoms with Gasteiger partial charge >= 0.3 is 5.97 Å². The summed E-state index contributed by atoms with van der Waals surface area (Å²) in [4.78, 5) is 15.0. The number of H-pyrrole nitrogens is 1. The summed E-state index contributed by atoms with van der Waals surface area (Å²) in [7, 11) is 0. The summed E-state index contributed by atoms with van der Waals surface area (Å²) in [5.41, 5.74) is 1.09. The number of benzene rings is 1. The van der Waals surface area contributed by atoms with Crippen LogP contribution in [0, 0.1) is 0 Å². The highest BCUT2D eigenvalue weighted by Crippen LogP contribution is 2.20. The quantitative estimate of drug-likeness (QED) is 0.746. The van der Waals surface area contributed by atoms with Crippen LogP contribution in [0.15, 0.2) is 30.5 Å². The smallest absolute Gasteiger partial charge is 0.339 e. The lowest BCUT2D eigenvalue weighted by Crippen LogP contribution is -2.23. The molecule has 1 aromatic heterocycles. The van der Waals surface area contributed by atoms with Gasteiger partial charge in [-0.05, 0) is 39.0 Å². The molecule has 1 aromatic carbocycles. The lowest BCUT2D eigenvalue weighted by Gasteiger charge is -2.19. The van der Waals surface area contributed by atoms with E-state index < -0.39 is 5.60 Å². The van der Waals surface area contributed by atoms with Crippen molar-refractivity contribution >= 4 is 16.9 Å². The summed E-state index contributed by atoms with van der Waals surface area (Å²) in [6.07, 6.45) is 1.82. The molecule has 0 aliphatic heterocycles. The van der Waals surface area contributed by atoms with Crippen molar-refractivity contribution in [3.63, 3.8) is 0 Å². The number of hydrogen-bond donors (Lipinski definition) is 1. The maximum absolute atomic E-state index is 11.9. The van der Waals surface area contributed by atoms with E-state index in [9.17, 15) is 4.79 Å². The number of ether oxygens (including phenoxy) is 1. The summed E-state index contributed by atoms with van der Waals surface area (Å²) in [5, 5.41) is 0.900. The minimum atomic E-state index is -0.463. The van der Waals surface area contributed by atoms with Crippen molar-refractivity contribution in [2.75, 3.05) is 0 Å². The predicted octanol–water partition coefficient (Wildman–Crippen LogP) is 3.12. The highest BCUT2D eigenvalue weighted by molar-refractivity contribution is 6.03. The van der Waals surface area contributed by atoms with Crippen LogP contribution in [0.2, 0.25) is 0 Å². The molecular weight excluding hydrogens is 202 g/mol. The second-order valence-corrected chi connectivity index (χ2v) is 4.75. The van der Waals surface area contributed by atoms with Crippen molar-refractivity contribution in [3.05, 3.63) is 36.0 Å². The Bertz CT molecular complexity index is 520. The summed E-state index contributed by atoms with van der Waals surface area (Å²) >= 11 is 0. The average Bonchev–Trinajstić information content (AvgIpc) is 2.61. The molecule has 0 radical (unpaired) electrons. The van der Waals surface area contributed by atoms with Crippen molar-refractivity contribution in [2.24, 2.45) is 0 Å². The van der Waals surface area contributed by atoms with E-state index >= 15 is 0 Å². The van der Waals surface area contributed by atoms with E-state index in [4.69, 9.17) is 4.74 Å². The Kier molecular flexibility index (Phi) is 2.46. The first kappa shape index (κ1) is 10.7. The number of carbonyl (C=O) groups is 1. The molecule has 0 aliphatic carbocycles. The van der Waals surface area contributed by atoms with Crippen LogP contribution in [-0.4, -0.2) is 16.6 Å². The molecule has 0 saturated heterocycles. The number of esters is 1. The second-order valence-electron chi connectivity index (χ2n) is 4.75. The standard InChI is InChI=1S/C13H15NO2/c1-13(2,3)16-12(15)10-5-4-6-11-9(10)7-8-14-11/h4-8,14H,1-3H3. The lowest BCUT2D eigenvalue weighted by molar-refractivity contribution is 0.00719. The zero-order valence-corrected chi connectivity index (χ0v) is 9.70. The maximum atomic E-state index is 11.9. The molecule has 1 heterocycles. The number of nitrogens with one attached hydrogen (secondary N) is 1. The van der Waals surface area contributed by atoms with Crippen molar-refractivity contribution in [2.45, 2.75) is 26.4 Å². The Morgan fingerprint density at radius 3 is 2.69 bits per heavy atom. The summed E-state index contributed by atoms with van der Waals surface area (Å²) in [6.45, 7) is 5.59. The topological polar surface area (TPSA) is 42.1 Å². The van der Waals surface area contributed by atoms with E-state index in [0.717, 1.165) is 10.9 Å². The van der Waals surface area contributed by atoms with E-state index in [-0.39, 0.29) is 5.97 Å². The Labute approximate surface area is 94.4 Å². The van der Waals surface area contributed by atoms with Gasteiger partial charge in [-0.1, -0.05) is 6.07 Å². The van der Waals surface area contributed by atoms with Crippen LogP contribution in [0.5, 0.6) is 0 Å². The van der Waals surface area contributed by atoms with Gasteiger partial charge in [0.05, 0.1) is 5.56 Å². The monoisotopic (exact) mass is 217 g/mol. The minimum absolute atomic E-state index is 0.280. The molecule has 3 nitrogen and oxygen atoms in total. The highest BCUT2D eigenvalue weighted by atomic mass is 16.6. The van der Waals surface area contributed by atoms with Gasteiger partial charge in [0, 0.05) is 17.1 Å². The maximum Gasteiger partial charge on any atom is 0.339 e. The second kappa shape index (κ2) is 3.67. The number of fused-ring (bicyclic) bond motifs is 1. The predicted molar refractivity (Wildman–Crippen MR) is 63.5 cm³/mol. The zero-order chi connectivity index (χ0) is 11.8. The largest absolute Gasteiger partial charge is 0.456 e. The van der Waals surface area contributed by atoms with Gasteiger partial charge in [0.2, 0.25) is 0 Å². The zero-order valence-electron chi connectivity index (χ0n) is 9.70. The van der Waals surface area contributed by atoms with E-state index in [0.29, 0.717) is 5.56 Å². The fourth-order valence-corrected chi connectivity index (χ4v) is 1.60. The van der Waals surface area contributed by atoms with Crippen molar-refractivity contribution < 1.29 is 9.53 Å². The van der Waals surface area contributed by atoms with Gasteiger partial charge in [0.1, 0.15) is 5.60 Å². The molecule has 0 aliphatic rings. The first-order valence-corrected chi connectivity index (χ1v) is 5.27. The van der Waals surface area contributed by atoms with Gasteiger partial charge in [-0.2, -0.15) is 0 Å². The van der Waals surface area contributed by atoms with Gasteiger partial charge in [-0.15, -0.1) is 0 Å². The van der Waals surface area contributed by atoms with E-state index in [1.54, 1.807) is 6.07 Å². The molecule has 0 unspecified atom stereocenters. The van der Waals surface area contributed by atoms with E-state index in [2.05, 4.69) is 4.98 Å². The van der Waals surface area contributed by atoms with Gasteiger partial charge in [0.15, 0.2) is 0 Å². The normalized spacial score (nSPS) is 11.7. The average molecular weight is 217 g/mol. The van der Waals surface area contributed by atoms with Gasteiger partial charge in [0.25, 0.3) is 0 Å². The Balaban J connectivity index is 2.40. The molecule has 2 aromatic rings. The van der Waals surface area contributed by atoms with Crippen LogP contribution in [0.4, 0.5) is 0 Å². The molecule has 2 rings (SSSR count). The number of rotatable bonds is 1. The number of aromatic nitrogens is 1. The fraction of sp³-hybridized carbons (Fsp3) is 0.308. The lowest BCUT2D eigenvalue weighted by atomic mass is 10.1. The fourth-order valence-electron chi connectivity index (χ4n) is 1.60. The van der Waals surface area contributed by atoms with Crippen LogP contribution in [0.1, 0.15) is 31.1 Å². The Hall–Kier alpha value is -1.77. The first-order valence-electron chi connectivity index (χ1n) is 5.27. The van der Waals surface area contributed by atoms with Crippen molar-refractivity contribution in [1.29, 1.82) is 0 Å². The third-order valence-electron chi connectivity index (χ3n) is 2.21. The molecule has 0 bridgehead atoms. The third kappa shape index (κ3) is 2.08. The van der Waals surface area contributed by atoms with Crippen molar-refractivity contribution in [3.8, 4) is 0 Å². The highest BCUT2D eigenvalue weighted by Gasteiger charge is 2.19. The summed E-state index contributed by atoms with van der Waals surface area (Å²) in [6, 6.07) is 7.44. The molecule has 0 fully saturated rings. The molecule has 3 heteroatoms. The summed E-state index contributed by atoms with van der Waals surface area (Å²) < 4.78 is 5.35. The molecule has 0 spiro atoms. The molecule has 0 saturated carbocycles. The molecule has 0 amide bonds. The molecule has 1 N–H and O–H groups in total. The third-order valence-corrected chi connectivity index (χ3v) is 2.21. The van der Waals surface area contributed by atoms with Gasteiger partial charge in [-0.3, -0.25) is 0 Å². The van der Waals surface area contributed by atoms with Crippen molar-refractivity contribution in [1.82, 2.24) is 4.98 Å². The van der Waals surface area contributed by atoms with Crippen LogP contribution >= 0.6 is 0 Å². The van der Waals surface area contributed by atoms with E-state index in [1.165, 1.54) is 0 Å². The van der Waals surface area contributed by atoms with E-state index in [1.807, 2.05) is 45.2 Å². The number of hydrogen-bond acceptors (Lipinski definition) is 2. The Morgan fingerprint density at radius 2 is 2.00 bits per heavy atom. The van der Waals surface area contributed by atoms with Crippen LogP contribution in [-0.2, 0) is 4.74 Å². The SMILES string of the molecule is CC(C)(C)OC(=O)c1cccc2[nH]ccc12. The molecule has 16 heavy (non-hydrogen) atoms. The number of carbonyl (C=O) groups excluding carboxylic acids is 1. The van der Waals surface area contributed by atoms with Crippen LogP contribution < -0.4 is 0 Å². The first-order chi connectivity index (χ1) is 7.47.